The normalized spacial score (nSPS) is 22.3. The Kier molecular flexibility index (Phi) is 3.31. The van der Waals surface area contributed by atoms with Crippen LogP contribution in [0, 0.1) is 5.92 Å². The number of amides is 1. The fourth-order valence-electron chi connectivity index (χ4n) is 1.04. The first-order valence-electron chi connectivity index (χ1n) is 4.42. The second-order valence-electron chi connectivity index (χ2n) is 3.49. The number of aliphatic hydroxyl groups excluding tert-OH is 1. The summed E-state index contributed by atoms with van der Waals surface area (Å²) in [4.78, 5) is 12.7. The average molecular weight is 185 g/mol. The van der Waals surface area contributed by atoms with Crippen molar-refractivity contribution in [2.75, 3.05) is 6.54 Å². The van der Waals surface area contributed by atoms with Crippen molar-refractivity contribution in [1.29, 1.82) is 0 Å². The molecule has 1 heterocycles. The molecule has 1 atom stereocenters. The Balaban J connectivity index is 2.44. The average Bonchev–Trinajstić information content (AvgIpc) is 2.07. The van der Waals surface area contributed by atoms with Crippen LogP contribution in [0.15, 0.2) is 12.5 Å². The Hall–Kier alpha value is -1.03. The summed E-state index contributed by atoms with van der Waals surface area (Å²) in [5.74, 6) is 0.157. The van der Waals surface area contributed by atoms with Gasteiger partial charge in [-0.1, -0.05) is 13.8 Å². The lowest BCUT2D eigenvalue weighted by atomic mass is 10.1. The Morgan fingerprint density at radius 3 is 3.00 bits per heavy atom. The highest BCUT2D eigenvalue weighted by atomic mass is 16.6. The molecule has 4 heteroatoms. The van der Waals surface area contributed by atoms with Gasteiger partial charge < -0.3 is 14.7 Å². The molecule has 4 nitrogen and oxygen atoms in total. The molecule has 1 aliphatic rings. The molecule has 0 saturated heterocycles. The molecule has 1 aliphatic heterocycles. The monoisotopic (exact) mass is 185 g/mol. The third-order valence-electron chi connectivity index (χ3n) is 1.89. The standard InChI is InChI=1S/C9H15NO3/c1-7(2)3-4-10-5-6-13-9(12)8(10)11/h5-7,9,12H,3-4H2,1-2H3. The van der Waals surface area contributed by atoms with E-state index in [0.29, 0.717) is 12.5 Å². The predicted octanol–water partition coefficient (Wildman–Crippen LogP) is 0.681. The Bertz CT molecular complexity index is 213. The number of aliphatic hydroxyl groups is 1. The molecule has 0 bridgehead atoms. The van der Waals surface area contributed by atoms with Crippen molar-refractivity contribution in [2.24, 2.45) is 5.92 Å². The Morgan fingerprint density at radius 2 is 2.38 bits per heavy atom. The van der Waals surface area contributed by atoms with E-state index in [2.05, 4.69) is 18.6 Å². The van der Waals surface area contributed by atoms with Crippen LogP contribution in [0.2, 0.25) is 0 Å². The molecular weight excluding hydrogens is 170 g/mol. The van der Waals surface area contributed by atoms with Crippen molar-refractivity contribution in [1.82, 2.24) is 4.90 Å². The van der Waals surface area contributed by atoms with Gasteiger partial charge in [-0.2, -0.15) is 0 Å². The molecule has 0 radical (unpaired) electrons. The molecule has 1 amide bonds. The third kappa shape index (κ3) is 2.73. The number of ether oxygens (including phenoxy) is 1. The van der Waals surface area contributed by atoms with E-state index in [1.807, 2.05) is 0 Å². The topological polar surface area (TPSA) is 49.8 Å². The molecular formula is C9H15NO3. The van der Waals surface area contributed by atoms with Crippen LogP contribution < -0.4 is 0 Å². The highest BCUT2D eigenvalue weighted by Gasteiger charge is 2.24. The molecule has 74 valence electrons. The number of carbonyl (C=O) groups excluding carboxylic acids is 1. The van der Waals surface area contributed by atoms with Crippen molar-refractivity contribution < 1.29 is 14.6 Å². The zero-order valence-electron chi connectivity index (χ0n) is 7.93. The Morgan fingerprint density at radius 1 is 1.69 bits per heavy atom. The van der Waals surface area contributed by atoms with Crippen LogP contribution in [-0.4, -0.2) is 28.7 Å². The minimum atomic E-state index is -1.32. The van der Waals surface area contributed by atoms with Crippen molar-refractivity contribution in [2.45, 2.75) is 26.6 Å². The van der Waals surface area contributed by atoms with Crippen LogP contribution in [0.4, 0.5) is 0 Å². The van der Waals surface area contributed by atoms with Gasteiger partial charge in [0.1, 0.15) is 6.26 Å². The molecule has 13 heavy (non-hydrogen) atoms. The van der Waals surface area contributed by atoms with Gasteiger partial charge in [-0.15, -0.1) is 0 Å². The van der Waals surface area contributed by atoms with Gasteiger partial charge in [0.2, 0.25) is 0 Å². The summed E-state index contributed by atoms with van der Waals surface area (Å²) in [6.07, 6.45) is 2.49. The van der Waals surface area contributed by atoms with E-state index >= 15 is 0 Å². The number of hydrogen-bond acceptors (Lipinski definition) is 3. The minimum Gasteiger partial charge on any atom is -0.462 e. The molecule has 0 saturated carbocycles. The molecule has 0 aliphatic carbocycles. The quantitative estimate of drug-likeness (QED) is 0.703. The van der Waals surface area contributed by atoms with Gasteiger partial charge in [-0.05, 0) is 12.3 Å². The van der Waals surface area contributed by atoms with Crippen molar-refractivity contribution in [3.8, 4) is 0 Å². The van der Waals surface area contributed by atoms with Crippen LogP contribution in [0.5, 0.6) is 0 Å². The first-order chi connectivity index (χ1) is 6.11. The van der Waals surface area contributed by atoms with Crippen LogP contribution in [0.1, 0.15) is 20.3 Å². The Labute approximate surface area is 77.8 Å². The lowest BCUT2D eigenvalue weighted by Gasteiger charge is -2.25. The zero-order valence-corrected chi connectivity index (χ0v) is 7.93. The van der Waals surface area contributed by atoms with Gasteiger partial charge in [0.15, 0.2) is 0 Å². The van der Waals surface area contributed by atoms with E-state index in [-0.39, 0.29) is 5.91 Å². The molecule has 0 fully saturated rings. The van der Waals surface area contributed by atoms with Crippen LogP contribution in [0.3, 0.4) is 0 Å². The maximum absolute atomic E-state index is 11.2. The van der Waals surface area contributed by atoms with Gasteiger partial charge in [0, 0.05) is 12.7 Å². The van der Waals surface area contributed by atoms with Gasteiger partial charge in [0.05, 0.1) is 0 Å². The molecule has 1 unspecified atom stereocenters. The van der Waals surface area contributed by atoms with Gasteiger partial charge in [-0.3, -0.25) is 4.79 Å². The summed E-state index contributed by atoms with van der Waals surface area (Å²) in [6, 6.07) is 0. The van der Waals surface area contributed by atoms with Gasteiger partial charge in [0.25, 0.3) is 12.2 Å². The van der Waals surface area contributed by atoms with Crippen molar-refractivity contribution in [3.63, 3.8) is 0 Å². The van der Waals surface area contributed by atoms with E-state index < -0.39 is 6.29 Å². The number of nitrogens with zero attached hydrogens (tertiary/aromatic N) is 1. The first-order valence-corrected chi connectivity index (χ1v) is 4.42. The lowest BCUT2D eigenvalue weighted by Crippen LogP contribution is -2.40. The summed E-state index contributed by atoms with van der Waals surface area (Å²) in [5, 5.41) is 9.05. The largest absolute Gasteiger partial charge is 0.462 e. The van der Waals surface area contributed by atoms with E-state index in [9.17, 15) is 4.79 Å². The van der Waals surface area contributed by atoms with Crippen LogP contribution in [0.25, 0.3) is 0 Å². The van der Waals surface area contributed by atoms with Gasteiger partial charge in [-0.25, -0.2) is 0 Å². The molecule has 0 aromatic heterocycles. The maximum atomic E-state index is 11.2. The molecule has 0 spiro atoms. The number of carbonyl (C=O) groups is 1. The van der Waals surface area contributed by atoms with Crippen LogP contribution >= 0.6 is 0 Å². The summed E-state index contributed by atoms with van der Waals surface area (Å²) in [6.45, 7) is 4.81. The van der Waals surface area contributed by atoms with Crippen molar-refractivity contribution >= 4 is 5.91 Å². The fraction of sp³-hybridized carbons (Fsp3) is 0.667. The highest BCUT2D eigenvalue weighted by molar-refractivity contribution is 5.81. The van der Waals surface area contributed by atoms with E-state index in [1.165, 1.54) is 11.2 Å². The second-order valence-corrected chi connectivity index (χ2v) is 3.49. The van der Waals surface area contributed by atoms with Crippen LogP contribution in [-0.2, 0) is 9.53 Å². The lowest BCUT2D eigenvalue weighted by molar-refractivity contribution is -0.161. The fourth-order valence-corrected chi connectivity index (χ4v) is 1.04. The summed E-state index contributed by atoms with van der Waals surface area (Å²) in [5.41, 5.74) is 0. The summed E-state index contributed by atoms with van der Waals surface area (Å²) < 4.78 is 4.61. The summed E-state index contributed by atoms with van der Waals surface area (Å²) in [7, 11) is 0. The van der Waals surface area contributed by atoms with Crippen molar-refractivity contribution in [3.05, 3.63) is 12.5 Å². The second kappa shape index (κ2) is 4.28. The minimum absolute atomic E-state index is 0.386. The number of rotatable bonds is 3. The zero-order chi connectivity index (χ0) is 9.84. The smallest absolute Gasteiger partial charge is 0.295 e. The van der Waals surface area contributed by atoms with E-state index in [4.69, 9.17) is 5.11 Å². The highest BCUT2D eigenvalue weighted by Crippen LogP contribution is 2.09. The van der Waals surface area contributed by atoms with E-state index in [1.54, 1.807) is 6.20 Å². The molecule has 0 aromatic carbocycles. The predicted molar refractivity (Wildman–Crippen MR) is 47.4 cm³/mol. The third-order valence-corrected chi connectivity index (χ3v) is 1.89. The van der Waals surface area contributed by atoms with E-state index in [0.717, 1.165) is 6.42 Å². The maximum Gasteiger partial charge on any atom is 0.295 e. The first kappa shape index (κ1) is 10.1. The molecule has 0 aromatic rings. The molecule has 1 rings (SSSR count). The molecule has 1 N–H and O–H groups in total. The SMILES string of the molecule is CC(C)CCN1C=COC(O)C1=O. The van der Waals surface area contributed by atoms with Gasteiger partial charge >= 0.3 is 0 Å². The summed E-state index contributed by atoms with van der Waals surface area (Å²) >= 11 is 0. The number of hydrogen-bond donors (Lipinski definition) is 1.